The largest absolute Gasteiger partial charge is 0.243 e. The Labute approximate surface area is 135 Å². The van der Waals surface area contributed by atoms with Crippen molar-refractivity contribution in [2.45, 2.75) is 55.9 Å². The van der Waals surface area contributed by atoms with Gasteiger partial charge in [-0.2, -0.15) is 4.31 Å². The average Bonchev–Trinajstić information content (AvgIpc) is 2.98. The lowest BCUT2D eigenvalue weighted by molar-refractivity contribution is 0.226. The Bertz CT molecular complexity index is 596. The van der Waals surface area contributed by atoms with Crippen LogP contribution < -0.4 is 0 Å². The van der Waals surface area contributed by atoms with Gasteiger partial charge in [-0.25, -0.2) is 8.42 Å². The summed E-state index contributed by atoms with van der Waals surface area (Å²) in [6.45, 7) is 0.677. The maximum atomic E-state index is 12.9. The molecular weight excluding hydrogens is 350 g/mol. The SMILES string of the molecule is O=S(=O)(c1cccc(Br)c1)N1CCCC1C1CCCCC1. The maximum absolute atomic E-state index is 12.9. The molecule has 1 aromatic carbocycles. The fraction of sp³-hybridized carbons (Fsp3) is 0.625. The molecule has 0 N–H and O–H groups in total. The Hall–Kier alpha value is -0.390. The smallest absolute Gasteiger partial charge is 0.207 e. The molecule has 0 spiro atoms. The van der Waals surface area contributed by atoms with Crippen molar-refractivity contribution in [1.82, 2.24) is 4.31 Å². The predicted molar refractivity (Wildman–Crippen MR) is 87.6 cm³/mol. The Morgan fingerprint density at radius 3 is 2.52 bits per heavy atom. The summed E-state index contributed by atoms with van der Waals surface area (Å²) in [5.74, 6) is 0.558. The minimum absolute atomic E-state index is 0.217. The zero-order chi connectivity index (χ0) is 14.9. The van der Waals surface area contributed by atoms with Crippen molar-refractivity contribution in [1.29, 1.82) is 0 Å². The maximum Gasteiger partial charge on any atom is 0.243 e. The number of nitrogens with zero attached hydrogens (tertiary/aromatic N) is 1. The summed E-state index contributed by atoms with van der Waals surface area (Å²) in [7, 11) is -3.36. The third-order valence-electron chi connectivity index (χ3n) is 4.84. The number of hydrogen-bond acceptors (Lipinski definition) is 2. The van der Waals surface area contributed by atoms with Crippen molar-refractivity contribution in [2.24, 2.45) is 5.92 Å². The summed E-state index contributed by atoms with van der Waals surface area (Å²) in [4.78, 5) is 0.416. The third-order valence-corrected chi connectivity index (χ3v) is 7.26. The van der Waals surface area contributed by atoms with E-state index in [0.717, 1.165) is 17.3 Å². The first-order valence-corrected chi connectivity index (χ1v) is 10.1. The van der Waals surface area contributed by atoms with Crippen molar-refractivity contribution in [3.63, 3.8) is 0 Å². The molecule has 1 aliphatic carbocycles. The van der Waals surface area contributed by atoms with Crippen molar-refractivity contribution in [3.05, 3.63) is 28.7 Å². The van der Waals surface area contributed by atoms with E-state index < -0.39 is 10.0 Å². The molecule has 116 valence electrons. The molecule has 1 saturated carbocycles. The highest BCUT2D eigenvalue weighted by Gasteiger charge is 2.39. The van der Waals surface area contributed by atoms with Crippen molar-refractivity contribution in [3.8, 4) is 0 Å². The van der Waals surface area contributed by atoms with E-state index in [2.05, 4.69) is 15.9 Å². The second kappa shape index (κ2) is 6.39. The molecule has 1 aliphatic heterocycles. The quantitative estimate of drug-likeness (QED) is 0.798. The predicted octanol–water partition coefficient (Wildman–Crippen LogP) is 4.18. The highest BCUT2D eigenvalue weighted by Crippen LogP contribution is 2.37. The van der Waals surface area contributed by atoms with Crippen LogP contribution in [0.2, 0.25) is 0 Å². The van der Waals surface area contributed by atoms with Crippen molar-refractivity contribution >= 4 is 26.0 Å². The zero-order valence-electron chi connectivity index (χ0n) is 12.2. The van der Waals surface area contributed by atoms with E-state index in [9.17, 15) is 8.42 Å². The molecule has 2 aliphatic rings. The molecule has 1 unspecified atom stereocenters. The summed E-state index contributed by atoms with van der Waals surface area (Å²) >= 11 is 3.37. The van der Waals surface area contributed by atoms with Crippen LogP contribution in [0.3, 0.4) is 0 Å². The Morgan fingerprint density at radius 2 is 1.81 bits per heavy atom. The summed E-state index contributed by atoms with van der Waals surface area (Å²) in [6, 6.07) is 7.29. The number of rotatable bonds is 3. The first-order valence-electron chi connectivity index (χ1n) is 7.86. The molecule has 2 fully saturated rings. The monoisotopic (exact) mass is 371 g/mol. The molecule has 0 amide bonds. The normalized spacial score (nSPS) is 25.3. The van der Waals surface area contributed by atoms with Crippen LogP contribution in [0.1, 0.15) is 44.9 Å². The second-order valence-electron chi connectivity index (χ2n) is 6.18. The fourth-order valence-corrected chi connectivity index (χ4v) is 6.17. The van der Waals surface area contributed by atoms with E-state index in [-0.39, 0.29) is 6.04 Å². The van der Waals surface area contributed by atoms with Gasteiger partial charge >= 0.3 is 0 Å². The molecule has 0 aromatic heterocycles. The highest BCUT2D eigenvalue weighted by atomic mass is 79.9. The van der Waals surface area contributed by atoms with E-state index in [1.165, 1.54) is 32.1 Å². The van der Waals surface area contributed by atoms with E-state index in [0.29, 0.717) is 17.4 Å². The molecule has 0 radical (unpaired) electrons. The zero-order valence-corrected chi connectivity index (χ0v) is 14.6. The topological polar surface area (TPSA) is 37.4 Å². The second-order valence-corrected chi connectivity index (χ2v) is 8.99. The first-order chi connectivity index (χ1) is 10.1. The van der Waals surface area contributed by atoms with Gasteiger partial charge in [0.25, 0.3) is 0 Å². The minimum Gasteiger partial charge on any atom is -0.207 e. The van der Waals surface area contributed by atoms with Crippen LogP contribution in [0.5, 0.6) is 0 Å². The minimum atomic E-state index is -3.36. The standard InChI is InChI=1S/C16H22BrNO2S/c17-14-8-4-9-15(12-14)21(19,20)18-11-5-10-16(18)13-6-2-1-3-7-13/h4,8-9,12-13,16H,1-3,5-7,10-11H2. The van der Waals surface area contributed by atoms with Gasteiger partial charge in [0.1, 0.15) is 0 Å². The highest BCUT2D eigenvalue weighted by molar-refractivity contribution is 9.10. The lowest BCUT2D eigenvalue weighted by Crippen LogP contribution is -2.40. The van der Waals surface area contributed by atoms with Gasteiger partial charge in [0.05, 0.1) is 4.90 Å². The first kappa shape index (κ1) is 15.5. The fourth-order valence-electron chi connectivity index (χ4n) is 3.82. The molecule has 1 aromatic rings. The van der Waals surface area contributed by atoms with Crippen LogP contribution >= 0.6 is 15.9 Å². The van der Waals surface area contributed by atoms with Gasteiger partial charge in [0.2, 0.25) is 10.0 Å². The van der Waals surface area contributed by atoms with Gasteiger partial charge in [-0.15, -0.1) is 0 Å². The van der Waals surface area contributed by atoms with Crippen LogP contribution in [-0.4, -0.2) is 25.3 Å². The summed E-state index contributed by atoms with van der Waals surface area (Å²) < 4.78 is 28.5. The van der Waals surface area contributed by atoms with Crippen LogP contribution in [0.15, 0.2) is 33.6 Å². The van der Waals surface area contributed by atoms with Crippen molar-refractivity contribution in [2.75, 3.05) is 6.54 Å². The van der Waals surface area contributed by atoms with Gasteiger partial charge in [-0.3, -0.25) is 0 Å². The molecule has 3 rings (SSSR count). The van der Waals surface area contributed by atoms with Gasteiger partial charge in [-0.05, 0) is 49.8 Å². The van der Waals surface area contributed by atoms with Crippen LogP contribution in [0.25, 0.3) is 0 Å². The molecule has 21 heavy (non-hydrogen) atoms. The lowest BCUT2D eigenvalue weighted by Gasteiger charge is -2.33. The summed E-state index contributed by atoms with van der Waals surface area (Å²) in [5, 5.41) is 0. The van der Waals surface area contributed by atoms with Crippen LogP contribution in [-0.2, 0) is 10.0 Å². The summed E-state index contributed by atoms with van der Waals surface area (Å²) in [6.07, 6.45) is 8.22. The molecule has 1 atom stereocenters. The lowest BCUT2D eigenvalue weighted by atomic mass is 9.83. The molecule has 3 nitrogen and oxygen atoms in total. The number of benzene rings is 1. The third kappa shape index (κ3) is 3.20. The summed E-state index contributed by atoms with van der Waals surface area (Å²) in [5.41, 5.74) is 0. The van der Waals surface area contributed by atoms with E-state index in [1.54, 1.807) is 22.5 Å². The Kier molecular flexibility index (Phi) is 4.71. The van der Waals surface area contributed by atoms with Crippen LogP contribution in [0.4, 0.5) is 0 Å². The van der Waals surface area contributed by atoms with E-state index in [4.69, 9.17) is 0 Å². The molecule has 0 bridgehead atoms. The Balaban J connectivity index is 1.86. The van der Waals surface area contributed by atoms with E-state index in [1.807, 2.05) is 6.07 Å². The average molecular weight is 372 g/mol. The van der Waals surface area contributed by atoms with Gasteiger partial charge in [0.15, 0.2) is 0 Å². The van der Waals surface area contributed by atoms with Gasteiger partial charge in [-0.1, -0.05) is 41.3 Å². The van der Waals surface area contributed by atoms with Gasteiger partial charge < -0.3 is 0 Å². The molecular formula is C16H22BrNO2S. The Morgan fingerprint density at radius 1 is 1.05 bits per heavy atom. The number of halogens is 1. The molecule has 5 heteroatoms. The van der Waals surface area contributed by atoms with Crippen LogP contribution in [0, 0.1) is 5.92 Å². The molecule has 1 saturated heterocycles. The molecule has 1 heterocycles. The number of sulfonamides is 1. The van der Waals surface area contributed by atoms with Crippen molar-refractivity contribution < 1.29 is 8.42 Å². The van der Waals surface area contributed by atoms with Gasteiger partial charge in [0, 0.05) is 17.1 Å². The van der Waals surface area contributed by atoms with E-state index >= 15 is 0 Å². The number of hydrogen-bond donors (Lipinski definition) is 0.